The average molecular weight is 696 g/mol. The van der Waals surface area contributed by atoms with Crippen molar-refractivity contribution in [1.82, 2.24) is 19.5 Å². The SMILES string of the molecule is COCCOC(=O)OCOP(=O)(COC[C@@H]1CC[C@H](n2cnc3c(NC4CCCC4)nc(Cl)nc32)O1)OCOC(=O)OCCOC. The Morgan fingerprint density at radius 2 is 1.61 bits per heavy atom. The zero-order valence-electron chi connectivity index (χ0n) is 25.6. The molecule has 3 heterocycles. The second-order valence-electron chi connectivity index (χ2n) is 10.2. The standard InChI is InChI=1S/C26H39ClN5O13P/c1-36-9-11-39-25(33)41-15-43-46(35,44-16-42-26(34)40-12-10-37-2)17-38-13-19-7-8-20(45-19)32-14-28-21-22(29-18-5-3-4-6-18)30-24(27)31-23(21)32/h14,18-20H,3-13,15-17H2,1-2H3,(H,29,30,31)/t19-,20+/m0/s1. The third-order valence-electron chi connectivity index (χ3n) is 6.91. The van der Waals surface area contributed by atoms with Gasteiger partial charge in [-0.25, -0.2) is 14.6 Å². The smallest absolute Gasteiger partial charge is 0.432 e. The van der Waals surface area contributed by atoms with Gasteiger partial charge >= 0.3 is 19.9 Å². The van der Waals surface area contributed by atoms with E-state index in [1.165, 1.54) is 14.2 Å². The molecule has 20 heteroatoms. The molecule has 0 bridgehead atoms. The minimum absolute atomic E-state index is 0.0178. The van der Waals surface area contributed by atoms with Gasteiger partial charge in [0, 0.05) is 20.3 Å². The van der Waals surface area contributed by atoms with E-state index >= 15 is 0 Å². The fourth-order valence-corrected chi connectivity index (χ4v) is 5.84. The van der Waals surface area contributed by atoms with E-state index in [1.54, 1.807) is 10.9 Å². The van der Waals surface area contributed by atoms with E-state index in [2.05, 4.69) is 20.3 Å². The zero-order chi connectivity index (χ0) is 32.8. The average Bonchev–Trinajstić information content (AvgIpc) is 3.79. The maximum atomic E-state index is 13.3. The molecule has 0 unspecified atom stereocenters. The maximum absolute atomic E-state index is 13.3. The van der Waals surface area contributed by atoms with Gasteiger partial charge in [-0.3, -0.25) is 18.2 Å². The van der Waals surface area contributed by atoms with Gasteiger partial charge in [-0.05, 0) is 37.3 Å². The van der Waals surface area contributed by atoms with Crippen molar-refractivity contribution in [3.8, 4) is 0 Å². The molecule has 0 aromatic carbocycles. The quantitative estimate of drug-likeness (QED) is 0.0719. The first-order valence-electron chi connectivity index (χ1n) is 14.6. The van der Waals surface area contributed by atoms with E-state index in [0.29, 0.717) is 35.9 Å². The second kappa shape index (κ2) is 18.5. The van der Waals surface area contributed by atoms with Gasteiger partial charge in [0.05, 0.1) is 32.3 Å². The Bertz CT molecular complexity index is 1280. The van der Waals surface area contributed by atoms with E-state index in [-0.39, 0.29) is 44.4 Å². The van der Waals surface area contributed by atoms with Crippen LogP contribution in [0, 0.1) is 0 Å². The molecular formula is C26H39ClN5O13P. The van der Waals surface area contributed by atoms with Crippen molar-refractivity contribution in [1.29, 1.82) is 0 Å². The predicted molar refractivity (Wildman–Crippen MR) is 158 cm³/mol. The fourth-order valence-electron chi connectivity index (χ4n) is 4.70. The van der Waals surface area contributed by atoms with E-state index in [9.17, 15) is 14.2 Å². The van der Waals surface area contributed by atoms with E-state index < -0.39 is 46.1 Å². The van der Waals surface area contributed by atoms with Crippen LogP contribution in [0.3, 0.4) is 0 Å². The Morgan fingerprint density at radius 1 is 0.957 bits per heavy atom. The molecule has 0 amide bonds. The molecule has 2 fully saturated rings. The molecule has 0 spiro atoms. The summed E-state index contributed by atoms with van der Waals surface area (Å²) in [6, 6.07) is 0.315. The number of nitrogens with zero attached hydrogens (tertiary/aromatic N) is 4. The molecule has 1 saturated heterocycles. The van der Waals surface area contributed by atoms with Crippen LogP contribution in [0.2, 0.25) is 5.28 Å². The van der Waals surface area contributed by atoms with Gasteiger partial charge in [-0.2, -0.15) is 9.97 Å². The summed E-state index contributed by atoms with van der Waals surface area (Å²) in [5.74, 6) is 0.591. The van der Waals surface area contributed by atoms with Gasteiger partial charge < -0.3 is 43.2 Å². The van der Waals surface area contributed by atoms with E-state index in [0.717, 1.165) is 25.7 Å². The first-order valence-corrected chi connectivity index (χ1v) is 16.8. The Kier molecular flexibility index (Phi) is 14.5. The molecule has 2 aromatic heterocycles. The fraction of sp³-hybridized carbons (Fsp3) is 0.731. The van der Waals surface area contributed by atoms with Gasteiger partial charge in [-0.15, -0.1) is 0 Å². The van der Waals surface area contributed by atoms with Gasteiger partial charge in [0.1, 0.15) is 25.8 Å². The first kappa shape index (κ1) is 36.0. The van der Waals surface area contributed by atoms with Crippen LogP contribution in [-0.2, 0) is 51.5 Å². The molecule has 46 heavy (non-hydrogen) atoms. The number of imidazole rings is 1. The molecule has 0 radical (unpaired) electrons. The summed E-state index contributed by atoms with van der Waals surface area (Å²) in [6.45, 7) is -1.35. The van der Waals surface area contributed by atoms with Crippen LogP contribution in [0.25, 0.3) is 11.2 Å². The number of anilines is 1. The van der Waals surface area contributed by atoms with E-state index in [4.69, 9.17) is 58.5 Å². The van der Waals surface area contributed by atoms with Gasteiger partial charge in [-0.1, -0.05) is 12.8 Å². The van der Waals surface area contributed by atoms with Crippen LogP contribution >= 0.6 is 19.2 Å². The van der Waals surface area contributed by atoms with Crippen molar-refractivity contribution >= 4 is 48.5 Å². The highest BCUT2D eigenvalue weighted by Crippen LogP contribution is 2.48. The minimum Gasteiger partial charge on any atom is -0.432 e. The summed E-state index contributed by atoms with van der Waals surface area (Å²) in [6.07, 6.45) is 3.79. The van der Waals surface area contributed by atoms with Crippen LogP contribution in [0.15, 0.2) is 6.33 Å². The molecular weight excluding hydrogens is 657 g/mol. The van der Waals surface area contributed by atoms with Crippen LogP contribution in [-0.4, -0.2) is 111 Å². The number of fused-ring (bicyclic) bond motifs is 1. The monoisotopic (exact) mass is 695 g/mol. The number of halogens is 1. The molecule has 2 aromatic rings. The first-order chi connectivity index (χ1) is 22.3. The largest absolute Gasteiger partial charge is 0.510 e. The summed E-state index contributed by atoms with van der Waals surface area (Å²) in [5, 5.41) is 3.54. The molecule has 4 rings (SSSR count). The molecule has 258 valence electrons. The Hall–Kier alpha value is -2.83. The predicted octanol–water partition coefficient (Wildman–Crippen LogP) is 4.23. The van der Waals surface area contributed by atoms with E-state index in [1.807, 2.05) is 0 Å². The second-order valence-corrected chi connectivity index (χ2v) is 12.5. The molecule has 1 aliphatic heterocycles. The Balaban J connectivity index is 1.29. The number of carbonyl (C=O) groups is 2. The summed E-state index contributed by atoms with van der Waals surface area (Å²) >= 11 is 6.25. The van der Waals surface area contributed by atoms with Crippen LogP contribution in [0.1, 0.15) is 44.8 Å². The third-order valence-corrected chi connectivity index (χ3v) is 8.57. The number of hydrogen-bond acceptors (Lipinski definition) is 17. The number of ether oxygens (including phenoxy) is 8. The van der Waals surface area contributed by atoms with Gasteiger partial charge in [0.25, 0.3) is 0 Å². The van der Waals surface area contributed by atoms with Crippen LogP contribution in [0.5, 0.6) is 0 Å². The van der Waals surface area contributed by atoms with Crippen molar-refractivity contribution in [2.24, 2.45) is 0 Å². The lowest BCUT2D eigenvalue weighted by atomic mass is 10.2. The van der Waals surface area contributed by atoms with Crippen molar-refractivity contribution in [3.05, 3.63) is 11.6 Å². The Morgan fingerprint density at radius 3 is 2.24 bits per heavy atom. The third kappa shape index (κ3) is 11.2. The van der Waals surface area contributed by atoms with Crippen molar-refractivity contribution in [2.45, 2.75) is 56.9 Å². The number of rotatable bonds is 19. The number of methoxy groups -OCH3 is 2. The highest BCUT2D eigenvalue weighted by Gasteiger charge is 2.32. The molecule has 2 atom stereocenters. The van der Waals surface area contributed by atoms with Crippen molar-refractivity contribution in [3.63, 3.8) is 0 Å². The highest BCUT2D eigenvalue weighted by atomic mass is 35.5. The summed E-state index contributed by atoms with van der Waals surface area (Å²) in [7, 11) is -1.24. The van der Waals surface area contributed by atoms with Crippen molar-refractivity contribution in [2.75, 3.05) is 72.5 Å². The van der Waals surface area contributed by atoms with Gasteiger partial charge in [0.2, 0.25) is 18.9 Å². The lowest BCUT2D eigenvalue weighted by Gasteiger charge is -2.20. The van der Waals surface area contributed by atoms with Crippen molar-refractivity contribution < 1.29 is 61.1 Å². The van der Waals surface area contributed by atoms with Crippen LogP contribution in [0.4, 0.5) is 15.4 Å². The molecule has 1 aliphatic carbocycles. The Labute approximate surface area is 270 Å². The number of hydrogen-bond donors (Lipinski definition) is 1. The topological polar surface area (TPSA) is 199 Å². The molecule has 1 saturated carbocycles. The number of aromatic nitrogens is 4. The molecule has 18 nitrogen and oxygen atoms in total. The zero-order valence-corrected chi connectivity index (χ0v) is 27.3. The highest BCUT2D eigenvalue weighted by molar-refractivity contribution is 7.53. The lowest BCUT2D eigenvalue weighted by Crippen LogP contribution is -2.19. The summed E-state index contributed by atoms with van der Waals surface area (Å²) in [4.78, 5) is 36.6. The lowest BCUT2D eigenvalue weighted by molar-refractivity contribution is -0.0450. The molecule has 2 aliphatic rings. The number of carbonyl (C=O) groups excluding carboxylic acids is 2. The summed E-state index contributed by atoms with van der Waals surface area (Å²) < 4.78 is 65.8. The van der Waals surface area contributed by atoms with Crippen LogP contribution < -0.4 is 5.32 Å². The summed E-state index contributed by atoms with van der Waals surface area (Å²) in [5.41, 5.74) is 1.14. The normalized spacial score (nSPS) is 18.6. The minimum atomic E-state index is -4.12. The number of nitrogens with one attached hydrogen (secondary N) is 1. The maximum Gasteiger partial charge on any atom is 0.510 e. The van der Waals surface area contributed by atoms with Gasteiger partial charge in [0.15, 0.2) is 17.0 Å². The molecule has 1 N–H and O–H groups in total.